The number of esters is 1. The van der Waals surface area contributed by atoms with Gasteiger partial charge in [0.1, 0.15) is 17.3 Å². The fraction of sp³-hybridized carbons (Fsp3) is 0.0909. The van der Waals surface area contributed by atoms with Crippen LogP contribution in [0.3, 0.4) is 0 Å². The van der Waals surface area contributed by atoms with Crippen LogP contribution >= 0.6 is 22.9 Å². The highest BCUT2D eigenvalue weighted by Crippen LogP contribution is 2.35. The molecule has 0 unspecified atom stereocenters. The van der Waals surface area contributed by atoms with Gasteiger partial charge in [-0.2, -0.15) is 0 Å². The van der Waals surface area contributed by atoms with Gasteiger partial charge in [0, 0.05) is 17.2 Å². The SMILES string of the molecule is CCOC(=O)C1=C(c2ccccc2)N=c2s/c(=C/c3ccc(-c4ccc(Cl)c(C(=O)O)c4)o3)c(=O)n2[C@H]1c1ccc(F)cc1. The zero-order valence-corrected chi connectivity index (χ0v) is 24.6. The minimum atomic E-state index is -1.17. The Morgan fingerprint density at radius 3 is 2.52 bits per heavy atom. The molecule has 1 aliphatic heterocycles. The van der Waals surface area contributed by atoms with Gasteiger partial charge < -0.3 is 14.3 Å². The van der Waals surface area contributed by atoms with Crippen molar-refractivity contribution in [3.63, 3.8) is 0 Å². The maximum atomic E-state index is 14.0. The van der Waals surface area contributed by atoms with E-state index in [1.807, 2.05) is 30.3 Å². The van der Waals surface area contributed by atoms with Crippen molar-refractivity contribution < 1.29 is 28.2 Å². The summed E-state index contributed by atoms with van der Waals surface area (Å²) in [4.78, 5) is 44.1. The average Bonchev–Trinajstić information content (AvgIpc) is 3.61. The number of hydrogen-bond donors (Lipinski definition) is 1. The Kier molecular flexibility index (Phi) is 7.86. The molecule has 1 atom stereocenters. The first kappa shape index (κ1) is 29.0. The molecule has 3 aromatic carbocycles. The van der Waals surface area contributed by atoms with Crippen LogP contribution in [-0.4, -0.2) is 28.2 Å². The van der Waals surface area contributed by atoms with Crippen molar-refractivity contribution in [1.29, 1.82) is 0 Å². The summed E-state index contributed by atoms with van der Waals surface area (Å²) in [7, 11) is 0. The molecule has 5 aromatic rings. The van der Waals surface area contributed by atoms with Crippen molar-refractivity contribution in [2.24, 2.45) is 4.99 Å². The number of rotatable bonds is 7. The highest BCUT2D eigenvalue weighted by Gasteiger charge is 2.35. The van der Waals surface area contributed by atoms with E-state index in [0.717, 1.165) is 11.3 Å². The van der Waals surface area contributed by atoms with Crippen LogP contribution in [0.2, 0.25) is 5.02 Å². The lowest BCUT2D eigenvalue weighted by Crippen LogP contribution is -2.40. The largest absolute Gasteiger partial charge is 0.478 e. The van der Waals surface area contributed by atoms with Crippen molar-refractivity contribution >= 4 is 46.6 Å². The Bertz CT molecular complexity index is 2130. The summed E-state index contributed by atoms with van der Waals surface area (Å²) in [6, 6.07) is 21.6. The molecule has 0 saturated heterocycles. The number of carboxylic acid groups (broad SMARTS) is 1. The molecule has 3 heterocycles. The number of carbonyl (C=O) groups is 2. The fourth-order valence-electron chi connectivity index (χ4n) is 4.96. The van der Waals surface area contributed by atoms with Gasteiger partial charge in [-0.1, -0.05) is 65.4 Å². The molecule has 0 bridgehead atoms. The van der Waals surface area contributed by atoms with Gasteiger partial charge >= 0.3 is 11.9 Å². The third-order valence-electron chi connectivity index (χ3n) is 6.94. The third kappa shape index (κ3) is 5.41. The van der Waals surface area contributed by atoms with E-state index >= 15 is 0 Å². The number of benzene rings is 3. The summed E-state index contributed by atoms with van der Waals surface area (Å²) in [6.07, 6.45) is 1.55. The summed E-state index contributed by atoms with van der Waals surface area (Å²) in [5.74, 6) is -1.56. The third-order valence-corrected chi connectivity index (χ3v) is 8.25. The van der Waals surface area contributed by atoms with Crippen LogP contribution in [0.4, 0.5) is 4.39 Å². The van der Waals surface area contributed by atoms with E-state index in [1.165, 1.54) is 41.0 Å². The van der Waals surface area contributed by atoms with E-state index in [4.69, 9.17) is 25.7 Å². The van der Waals surface area contributed by atoms with Crippen molar-refractivity contribution in [3.05, 3.63) is 143 Å². The van der Waals surface area contributed by atoms with Crippen LogP contribution < -0.4 is 14.9 Å². The average molecular weight is 629 g/mol. The smallest absolute Gasteiger partial charge is 0.338 e. The molecular formula is C33H22ClFN2O6S. The van der Waals surface area contributed by atoms with Gasteiger partial charge in [0.15, 0.2) is 4.80 Å². The second kappa shape index (κ2) is 11.9. The summed E-state index contributed by atoms with van der Waals surface area (Å²) in [5, 5.41) is 9.52. The monoisotopic (exact) mass is 628 g/mol. The van der Waals surface area contributed by atoms with E-state index in [9.17, 15) is 23.9 Å². The molecule has 0 radical (unpaired) electrons. The molecule has 8 nitrogen and oxygen atoms in total. The molecule has 0 spiro atoms. The maximum absolute atomic E-state index is 14.0. The quantitative estimate of drug-likeness (QED) is 0.232. The lowest BCUT2D eigenvalue weighted by atomic mass is 9.93. The van der Waals surface area contributed by atoms with Gasteiger partial charge in [0.05, 0.1) is 39.0 Å². The van der Waals surface area contributed by atoms with Gasteiger partial charge in [-0.05, 0) is 55.0 Å². The lowest BCUT2D eigenvalue weighted by Gasteiger charge is -2.25. The number of nitrogens with zero attached hydrogens (tertiary/aromatic N) is 2. The summed E-state index contributed by atoms with van der Waals surface area (Å²) in [5.41, 5.74) is 1.65. The number of carbonyl (C=O) groups excluding carboxylic acids is 1. The van der Waals surface area contributed by atoms with Crippen LogP contribution in [0.1, 0.15) is 40.2 Å². The standard InChI is InChI=1S/C33H22ClFN2O6S/c1-2-42-32(41)27-28(18-6-4-3-5-7-18)36-33-37(29(27)19-8-11-21(35)12-9-19)30(38)26(44-33)17-22-13-15-25(43-22)20-10-14-24(34)23(16-20)31(39)40/h3-17,29H,2H2,1H3,(H,39,40)/b26-17+/t29-/m0/s1. The minimum absolute atomic E-state index is 0.0668. The van der Waals surface area contributed by atoms with E-state index in [-0.39, 0.29) is 27.3 Å². The Morgan fingerprint density at radius 2 is 1.82 bits per heavy atom. The van der Waals surface area contributed by atoms with Crippen LogP contribution in [0.5, 0.6) is 0 Å². The van der Waals surface area contributed by atoms with E-state index in [1.54, 1.807) is 31.2 Å². The molecule has 0 saturated carbocycles. The number of thiazole rings is 1. The number of halogens is 2. The van der Waals surface area contributed by atoms with Crippen LogP contribution in [0.15, 0.2) is 105 Å². The lowest BCUT2D eigenvalue weighted by molar-refractivity contribution is -0.138. The number of aromatic nitrogens is 1. The van der Waals surface area contributed by atoms with Gasteiger partial charge in [-0.15, -0.1) is 0 Å². The molecule has 6 rings (SSSR count). The predicted octanol–water partition coefficient (Wildman–Crippen LogP) is 5.69. The number of fused-ring (bicyclic) bond motifs is 1. The number of ether oxygens (including phenoxy) is 1. The molecule has 44 heavy (non-hydrogen) atoms. The molecule has 0 fully saturated rings. The molecular weight excluding hydrogens is 607 g/mol. The first-order valence-corrected chi connectivity index (χ1v) is 14.6. The van der Waals surface area contributed by atoms with Crippen molar-refractivity contribution in [2.45, 2.75) is 13.0 Å². The zero-order valence-electron chi connectivity index (χ0n) is 23.0. The summed E-state index contributed by atoms with van der Waals surface area (Å²) < 4.78 is 27.0. The van der Waals surface area contributed by atoms with E-state index in [2.05, 4.69) is 0 Å². The molecule has 220 valence electrons. The summed E-state index contributed by atoms with van der Waals surface area (Å²) >= 11 is 7.12. The van der Waals surface area contributed by atoms with E-state index < -0.39 is 29.4 Å². The maximum Gasteiger partial charge on any atom is 0.338 e. The van der Waals surface area contributed by atoms with Crippen molar-refractivity contribution in [2.75, 3.05) is 6.61 Å². The van der Waals surface area contributed by atoms with Gasteiger partial charge in [-0.3, -0.25) is 9.36 Å². The first-order valence-electron chi connectivity index (χ1n) is 13.4. The van der Waals surface area contributed by atoms with Crippen LogP contribution in [-0.2, 0) is 9.53 Å². The second-order valence-electron chi connectivity index (χ2n) is 9.68. The first-order chi connectivity index (χ1) is 21.2. The van der Waals surface area contributed by atoms with E-state index in [0.29, 0.717) is 38.7 Å². The topological polar surface area (TPSA) is 111 Å². The second-order valence-corrected chi connectivity index (χ2v) is 11.1. The van der Waals surface area contributed by atoms with Crippen LogP contribution in [0, 0.1) is 5.82 Å². The van der Waals surface area contributed by atoms with Gasteiger partial charge in [0.2, 0.25) is 0 Å². The Morgan fingerprint density at radius 1 is 1.07 bits per heavy atom. The van der Waals surface area contributed by atoms with Crippen molar-refractivity contribution in [3.8, 4) is 11.3 Å². The normalized spacial score (nSPS) is 14.7. The van der Waals surface area contributed by atoms with Crippen LogP contribution in [0.25, 0.3) is 23.1 Å². The highest BCUT2D eigenvalue weighted by atomic mass is 35.5. The summed E-state index contributed by atoms with van der Waals surface area (Å²) in [6.45, 7) is 1.79. The van der Waals surface area contributed by atoms with Gasteiger partial charge in [0.25, 0.3) is 5.56 Å². The molecule has 0 aliphatic carbocycles. The Hall–Kier alpha value is -5.06. The van der Waals surface area contributed by atoms with Crippen molar-refractivity contribution in [1.82, 2.24) is 4.57 Å². The van der Waals surface area contributed by atoms with Gasteiger partial charge in [-0.25, -0.2) is 19.0 Å². The number of carboxylic acids is 1. The molecule has 1 aliphatic rings. The zero-order chi connectivity index (χ0) is 31.0. The minimum Gasteiger partial charge on any atom is -0.478 e. The highest BCUT2D eigenvalue weighted by molar-refractivity contribution is 7.07. The Labute approximate surface area is 258 Å². The number of hydrogen-bond acceptors (Lipinski definition) is 7. The molecule has 2 aromatic heterocycles. The fourth-order valence-corrected chi connectivity index (χ4v) is 6.14. The molecule has 1 N–H and O–H groups in total. The number of furan rings is 1. The molecule has 0 amide bonds. The predicted molar refractivity (Wildman–Crippen MR) is 164 cm³/mol. The number of aromatic carboxylic acids is 1. The Balaban J connectivity index is 1.53. The molecule has 11 heteroatoms.